The van der Waals surface area contributed by atoms with Crippen LogP contribution in [0.1, 0.15) is 80.1 Å². The Morgan fingerprint density at radius 2 is 1.38 bits per heavy atom. The molecule has 8 heteroatoms. The molecule has 39 heavy (non-hydrogen) atoms. The molecule has 0 aromatic heterocycles. The molecule has 1 fully saturated rings. The van der Waals surface area contributed by atoms with Crippen molar-refractivity contribution in [1.82, 2.24) is 0 Å². The minimum Gasteiger partial charge on any atom is -0.460 e. The van der Waals surface area contributed by atoms with Crippen LogP contribution < -0.4 is 0 Å². The van der Waals surface area contributed by atoms with Gasteiger partial charge in [-0.3, -0.25) is 4.79 Å². The van der Waals surface area contributed by atoms with Crippen LogP contribution in [0, 0.1) is 17.8 Å². The number of esters is 4. The minimum absolute atomic E-state index is 0.107. The third kappa shape index (κ3) is 10.9. The highest BCUT2D eigenvalue weighted by Gasteiger charge is 2.56. The Labute approximate surface area is 233 Å². The zero-order valence-electron chi connectivity index (χ0n) is 24.4. The lowest BCUT2D eigenvalue weighted by atomic mass is 9.90. The summed E-state index contributed by atoms with van der Waals surface area (Å²) >= 11 is 0. The zero-order chi connectivity index (χ0) is 29.6. The van der Waals surface area contributed by atoms with Gasteiger partial charge in [-0.15, -0.1) is 13.2 Å². The first-order valence-electron chi connectivity index (χ1n) is 13.8. The molecule has 1 saturated carbocycles. The summed E-state index contributed by atoms with van der Waals surface area (Å²) in [6.07, 6.45) is 13.1. The maximum absolute atomic E-state index is 13.6. The molecule has 1 rings (SSSR count). The van der Waals surface area contributed by atoms with Gasteiger partial charge in [0.1, 0.15) is 0 Å². The van der Waals surface area contributed by atoms with Crippen molar-refractivity contribution in [2.45, 2.75) is 104 Å². The highest BCUT2D eigenvalue weighted by Crippen LogP contribution is 2.45. The first kappa shape index (κ1) is 33.9. The van der Waals surface area contributed by atoms with Crippen LogP contribution in [-0.4, -0.2) is 47.8 Å². The molecule has 0 heterocycles. The lowest BCUT2D eigenvalue weighted by molar-refractivity contribution is -0.199. The van der Waals surface area contributed by atoms with E-state index in [4.69, 9.17) is 18.9 Å². The van der Waals surface area contributed by atoms with Gasteiger partial charge in [-0.25, -0.2) is 14.4 Å². The second-order valence-electron chi connectivity index (χ2n) is 10.5. The summed E-state index contributed by atoms with van der Waals surface area (Å²) in [7, 11) is 0. The number of rotatable bonds is 16. The van der Waals surface area contributed by atoms with E-state index in [1.165, 1.54) is 13.8 Å². The van der Waals surface area contributed by atoms with Crippen molar-refractivity contribution in [2.24, 2.45) is 17.8 Å². The molecule has 0 amide bonds. The van der Waals surface area contributed by atoms with E-state index in [9.17, 15) is 19.2 Å². The molecule has 1 aliphatic carbocycles. The van der Waals surface area contributed by atoms with Crippen LogP contribution in [0.3, 0.4) is 0 Å². The van der Waals surface area contributed by atoms with Gasteiger partial charge in [0.05, 0.1) is 12.0 Å². The summed E-state index contributed by atoms with van der Waals surface area (Å²) in [6.45, 7) is 17.0. The van der Waals surface area contributed by atoms with Crippen molar-refractivity contribution < 1.29 is 38.1 Å². The van der Waals surface area contributed by atoms with Crippen molar-refractivity contribution in [3.63, 3.8) is 0 Å². The summed E-state index contributed by atoms with van der Waals surface area (Å²) in [4.78, 5) is 51.0. The molecule has 0 spiro atoms. The van der Waals surface area contributed by atoms with Gasteiger partial charge in [-0.1, -0.05) is 50.3 Å². The van der Waals surface area contributed by atoms with Crippen molar-refractivity contribution in [2.75, 3.05) is 0 Å². The van der Waals surface area contributed by atoms with E-state index in [1.54, 1.807) is 33.8 Å². The average Bonchev–Trinajstić information content (AvgIpc) is 3.23. The Balaban J connectivity index is 3.12. The third-order valence-electron chi connectivity index (χ3n) is 6.31. The van der Waals surface area contributed by atoms with E-state index in [2.05, 4.69) is 25.3 Å². The average molecular weight is 547 g/mol. The maximum atomic E-state index is 13.6. The highest BCUT2D eigenvalue weighted by atomic mass is 16.6. The van der Waals surface area contributed by atoms with Gasteiger partial charge in [-0.2, -0.15) is 0 Å². The van der Waals surface area contributed by atoms with Crippen LogP contribution in [0.4, 0.5) is 0 Å². The Morgan fingerprint density at radius 3 is 1.95 bits per heavy atom. The van der Waals surface area contributed by atoms with E-state index < -0.39 is 53.5 Å². The Hall–Kier alpha value is -3.16. The summed E-state index contributed by atoms with van der Waals surface area (Å²) in [5.41, 5.74) is -1.73. The largest absolute Gasteiger partial charge is 0.460 e. The fourth-order valence-corrected chi connectivity index (χ4v) is 4.16. The normalized spacial score (nSPS) is 22.6. The minimum atomic E-state index is -1.73. The van der Waals surface area contributed by atoms with Crippen molar-refractivity contribution >= 4 is 23.9 Å². The van der Waals surface area contributed by atoms with E-state index in [1.807, 2.05) is 18.2 Å². The standard InChI is InChI=1S/C31H46O8/c1-9-11-12-13-14-15-16-17-18-25-19-26(10-2)31(20-25,30(35)38-23(7)28(33)36-22(5)6)39-29(34)24(8)37-27(32)21(3)4/h9-10,13-14,17-18,21-26H,1-2,11-12,15-16,19-20H2,3-8H3/t23?,24?,25?,26?,31-/m1/s1. The molecule has 0 radical (unpaired) electrons. The van der Waals surface area contributed by atoms with Crippen LogP contribution in [0.15, 0.2) is 49.6 Å². The number of ether oxygens (including phenoxy) is 4. The quantitative estimate of drug-likeness (QED) is 0.103. The highest BCUT2D eigenvalue weighted by molar-refractivity contribution is 5.88. The number of carbonyl (C=O) groups excluding carboxylic acids is 4. The third-order valence-corrected chi connectivity index (χ3v) is 6.31. The molecular weight excluding hydrogens is 500 g/mol. The summed E-state index contributed by atoms with van der Waals surface area (Å²) < 4.78 is 21.7. The van der Waals surface area contributed by atoms with Gasteiger partial charge in [0.15, 0.2) is 12.2 Å². The summed E-state index contributed by atoms with van der Waals surface area (Å²) in [6, 6.07) is 0. The number of hydrogen-bond donors (Lipinski definition) is 0. The second kappa shape index (κ2) is 16.7. The predicted octanol–water partition coefficient (Wildman–Crippen LogP) is 5.81. The molecule has 0 saturated heterocycles. The lowest BCUT2D eigenvalue weighted by Crippen LogP contribution is -2.50. The molecule has 1 aliphatic rings. The Morgan fingerprint density at radius 1 is 0.795 bits per heavy atom. The molecular formula is C31H46O8. The Bertz CT molecular complexity index is 916. The SMILES string of the molecule is C=CCCC=CCCC=CC1CC(C=C)[C@@](OC(=O)C(C)OC(=O)C(C)C)(C(=O)OC(C)C(=O)OC(C)C)C1. The fraction of sp³-hybridized carbons (Fsp3) is 0.613. The van der Waals surface area contributed by atoms with Crippen LogP contribution in [0.25, 0.3) is 0 Å². The van der Waals surface area contributed by atoms with Gasteiger partial charge in [-0.05, 0) is 65.7 Å². The predicted molar refractivity (Wildman–Crippen MR) is 149 cm³/mol. The number of allylic oxidation sites excluding steroid dienone is 5. The second-order valence-corrected chi connectivity index (χ2v) is 10.5. The zero-order valence-corrected chi connectivity index (χ0v) is 24.4. The van der Waals surface area contributed by atoms with E-state index in [0.717, 1.165) is 25.7 Å². The molecule has 4 unspecified atom stereocenters. The van der Waals surface area contributed by atoms with E-state index in [-0.39, 0.29) is 18.4 Å². The van der Waals surface area contributed by atoms with Gasteiger partial charge in [0.2, 0.25) is 5.60 Å². The summed E-state index contributed by atoms with van der Waals surface area (Å²) in [5.74, 6) is -4.13. The maximum Gasteiger partial charge on any atom is 0.352 e. The van der Waals surface area contributed by atoms with Crippen molar-refractivity contribution in [1.29, 1.82) is 0 Å². The summed E-state index contributed by atoms with van der Waals surface area (Å²) in [5, 5.41) is 0. The van der Waals surface area contributed by atoms with Gasteiger partial charge < -0.3 is 18.9 Å². The monoisotopic (exact) mass is 546 g/mol. The smallest absolute Gasteiger partial charge is 0.352 e. The molecule has 0 aliphatic heterocycles. The van der Waals surface area contributed by atoms with Crippen LogP contribution in [0.5, 0.6) is 0 Å². The first-order valence-corrected chi connectivity index (χ1v) is 13.8. The Kier molecular flexibility index (Phi) is 14.5. The first-order chi connectivity index (χ1) is 18.4. The lowest BCUT2D eigenvalue weighted by Gasteiger charge is -2.33. The topological polar surface area (TPSA) is 105 Å². The molecule has 8 nitrogen and oxygen atoms in total. The number of hydrogen-bond acceptors (Lipinski definition) is 8. The van der Waals surface area contributed by atoms with Gasteiger partial charge in [0.25, 0.3) is 0 Å². The van der Waals surface area contributed by atoms with E-state index >= 15 is 0 Å². The fourth-order valence-electron chi connectivity index (χ4n) is 4.16. The molecule has 0 N–H and O–H groups in total. The van der Waals surface area contributed by atoms with Gasteiger partial charge >= 0.3 is 23.9 Å². The molecule has 0 bridgehead atoms. The van der Waals surface area contributed by atoms with Crippen LogP contribution >= 0.6 is 0 Å². The van der Waals surface area contributed by atoms with Crippen LogP contribution in [0.2, 0.25) is 0 Å². The molecule has 0 aromatic rings. The van der Waals surface area contributed by atoms with Crippen LogP contribution in [-0.2, 0) is 38.1 Å². The van der Waals surface area contributed by atoms with Crippen molar-refractivity contribution in [3.8, 4) is 0 Å². The number of unbranched alkanes of at least 4 members (excludes halogenated alkanes) is 2. The molecule has 218 valence electrons. The van der Waals surface area contributed by atoms with E-state index in [0.29, 0.717) is 6.42 Å². The molecule has 0 aromatic carbocycles. The van der Waals surface area contributed by atoms with Crippen molar-refractivity contribution in [3.05, 3.63) is 49.6 Å². The molecule has 5 atom stereocenters. The van der Waals surface area contributed by atoms with Gasteiger partial charge in [0, 0.05) is 12.3 Å². The number of carbonyl (C=O) groups is 4.